The first-order valence-electron chi connectivity index (χ1n) is 6.38. The minimum absolute atomic E-state index is 0.0254. The van der Waals surface area contributed by atoms with E-state index in [1.807, 2.05) is 61.5 Å². The van der Waals surface area contributed by atoms with Crippen molar-refractivity contribution in [1.82, 2.24) is 0 Å². The topological polar surface area (TPSA) is 55.5 Å². The summed E-state index contributed by atoms with van der Waals surface area (Å²) in [6.45, 7) is 2.16. The fourth-order valence-electron chi connectivity index (χ4n) is 1.83. The highest BCUT2D eigenvalue weighted by Gasteiger charge is 2.08. The normalized spacial score (nSPS) is 13.8. The molecule has 0 aliphatic rings. The summed E-state index contributed by atoms with van der Waals surface area (Å²) in [5.74, 6) is 0.727. The number of ether oxygens (including phenoxy) is 1. The molecule has 2 aromatic carbocycles. The van der Waals surface area contributed by atoms with Crippen LogP contribution < -0.4 is 10.5 Å². The molecular formula is C16H19NO2. The van der Waals surface area contributed by atoms with Gasteiger partial charge in [-0.2, -0.15) is 0 Å². The average Bonchev–Trinajstić information content (AvgIpc) is 2.46. The van der Waals surface area contributed by atoms with Crippen molar-refractivity contribution in [2.75, 3.05) is 6.61 Å². The molecular weight excluding hydrogens is 238 g/mol. The van der Waals surface area contributed by atoms with Gasteiger partial charge in [0.25, 0.3) is 0 Å². The molecule has 2 unspecified atom stereocenters. The van der Waals surface area contributed by atoms with E-state index in [1.54, 1.807) is 0 Å². The van der Waals surface area contributed by atoms with Crippen LogP contribution in [-0.4, -0.2) is 11.7 Å². The van der Waals surface area contributed by atoms with Crippen molar-refractivity contribution < 1.29 is 9.84 Å². The molecule has 0 radical (unpaired) electrons. The number of hydrogen-bond acceptors (Lipinski definition) is 3. The van der Waals surface area contributed by atoms with Gasteiger partial charge in [-0.05, 0) is 30.2 Å². The largest absolute Gasteiger partial charge is 0.491 e. The maximum atomic E-state index is 10.0. The van der Waals surface area contributed by atoms with Crippen molar-refractivity contribution in [2.24, 2.45) is 5.73 Å². The number of rotatable bonds is 5. The molecule has 0 saturated heterocycles. The van der Waals surface area contributed by atoms with Crippen LogP contribution in [0.3, 0.4) is 0 Å². The van der Waals surface area contributed by atoms with Gasteiger partial charge in [0.1, 0.15) is 18.5 Å². The zero-order valence-corrected chi connectivity index (χ0v) is 11.0. The fraction of sp³-hybridized carbons (Fsp3) is 0.250. The lowest BCUT2D eigenvalue weighted by Crippen LogP contribution is -2.10. The Morgan fingerprint density at radius 1 is 1.05 bits per heavy atom. The highest BCUT2D eigenvalue weighted by molar-refractivity contribution is 5.30. The van der Waals surface area contributed by atoms with Gasteiger partial charge in [-0.3, -0.25) is 0 Å². The van der Waals surface area contributed by atoms with Gasteiger partial charge in [0.15, 0.2) is 0 Å². The van der Waals surface area contributed by atoms with Gasteiger partial charge in [0.2, 0.25) is 0 Å². The van der Waals surface area contributed by atoms with E-state index >= 15 is 0 Å². The van der Waals surface area contributed by atoms with Crippen molar-refractivity contribution in [3.63, 3.8) is 0 Å². The molecule has 0 saturated carbocycles. The molecule has 0 bridgehead atoms. The fourth-order valence-corrected chi connectivity index (χ4v) is 1.83. The standard InChI is InChI=1S/C16H19NO2/c1-12(17)14-8-5-9-15(10-14)19-11-16(18)13-6-3-2-4-7-13/h2-10,12,16,18H,11,17H2,1H3. The van der Waals surface area contributed by atoms with Crippen molar-refractivity contribution in [3.8, 4) is 5.75 Å². The molecule has 19 heavy (non-hydrogen) atoms. The van der Waals surface area contributed by atoms with Crippen LogP contribution in [0.4, 0.5) is 0 Å². The molecule has 0 fully saturated rings. The highest BCUT2D eigenvalue weighted by Crippen LogP contribution is 2.19. The Morgan fingerprint density at radius 3 is 2.42 bits per heavy atom. The molecule has 0 aliphatic carbocycles. The lowest BCUT2D eigenvalue weighted by atomic mass is 10.1. The molecule has 0 aromatic heterocycles. The lowest BCUT2D eigenvalue weighted by Gasteiger charge is -2.14. The van der Waals surface area contributed by atoms with Crippen LogP contribution in [0.2, 0.25) is 0 Å². The van der Waals surface area contributed by atoms with Crippen LogP contribution in [0.1, 0.15) is 30.2 Å². The van der Waals surface area contributed by atoms with Gasteiger partial charge in [0, 0.05) is 6.04 Å². The van der Waals surface area contributed by atoms with Crippen molar-refractivity contribution in [1.29, 1.82) is 0 Å². The Hall–Kier alpha value is -1.84. The van der Waals surface area contributed by atoms with Crippen LogP contribution >= 0.6 is 0 Å². The van der Waals surface area contributed by atoms with Gasteiger partial charge < -0.3 is 15.6 Å². The highest BCUT2D eigenvalue weighted by atomic mass is 16.5. The van der Waals surface area contributed by atoms with E-state index in [0.29, 0.717) is 0 Å². The number of aliphatic hydroxyl groups excluding tert-OH is 1. The van der Waals surface area contributed by atoms with Gasteiger partial charge in [-0.25, -0.2) is 0 Å². The second-order valence-electron chi connectivity index (χ2n) is 4.60. The van der Waals surface area contributed by atoms with Crippen LogP contribution in [-0.2, 0) is 0 Å². The molecule has 100 valence electrons. The van der Waals surface area contributed by atoms with E-state index in [0.717, 1.165) is 16.9 Å². The predicted molar refractivity (Wildman–Crippen MR) is 75.9 cm³/mol. The Labute approximate surface area is 113 Å². The first-order chi connectivity index (χ1) is 9.16. The number of benzene rings is 2. The molecule has 3 nitrogen and oxygen atoms in total. The Balaban J connectivity index is 1.97. The maximum absolute atomic E-state index is 10.0. The quantitative estimate of drug-likeness (QED) is 0.866. The maximum Gasteiger partial charge on any atom is 0.119 e. The van der Waals surface area contributed by atoms with E-state index in [4.69, 9.17) is 10.5 Å². The summed E-state index contributed by atoms with van der Waals surface area (Å²) in [5.41, 5.74) is 7.70. The van der Waals surface area contributed by atoms with E-state index in [-0.39, 0.29) is 12.6 Å². The van der Waals surface area contributed by atoms with Gasteiger partial charge in [0.05, 0.1) is 0 Å². The van der Waals surface area contributed by atoms with E-state index in [9.17, 15) is 5.11 Å². The van der Waals surface area contributed by atoms with Gasteiger partial charge >= 0.3 is 0 Å². The SMILES string of the molecule is CC(N)c1cccc(OCC(O)c2ccccc2)c1. The Kier molecular flexibility index (Phi) is 4.55. The number of aliphatic hydroxyl groups is 1. The van der Waals surface area contributed by atoms with Gasteiger partial charge in [-0.15, -0.1) is 0 Å². The van der Waals surface area contributed by atoms with Crippen LogP contribution in [0, 0.1) is 0 Å². The lowest BCUT2D eigenvalue weighted by molar-refractivity contribution is 0.108. The van der Waals surface area contributed by atoms with Crippen molar-refractivity contribution in [3.05, 3.63) is 65.7 Å². The summed E-state index contributed by atoms with van der Waals surface area (Å²) in [6.07, 6.45) is -0.625. The van der Waals surface area contributed by atoms with Crippen LogP contribution in [0.5, 0.6) is 5.75 Å². The third-order valence-corrected chi connectivity index (χ3v) is 2.98. The third-order valence-electron chi connectivity index (χ3n) is 2.98. The molecule has 2 aromatic rings. The second-order valence-corrected chi connectivity index (χ2v) is 4.60. The number of hydrogen-bond donors (Lipinski definition) is 2. The first kappa shape index (κ1) is 13.6. The summed E-state index contributed by atoms with van der Waals surface area (Å²) in [7, 11) is 0. The average molecular weight is 257 g/mol. The molecule has 3 N–H and O–H groups in total. The summed E-state index contributed by atoms with van der Waals surface area (Å²) in [4.78, 5) is 0. The van der Waals surface area contributed by atoms with Gasteiger partial charge in [-0.1, -0.05) is 42.5 Å². The molecule has 0 amide bonds. The van der Waals surface area contributed by atoms with Crippen LogP contribution in [0.25, 0.3) is 0 Å². The first-order valence-corrected chi connectivity index (χ1v) is 6.38. The van der Waals surface area contributed by atoms with E-state index in [1.165, 1.54) is 0 Å². The molecule has 0 aliphatic heterocycles. The number of nitrogens with two attached hydrogens (primary N) is 1. The minimum Gasteiger partial charge on any atom is -0.491 e. The molecule has 2 rings (SSSR count). The summed E-state index contributed by atoms with van der Waals surface area (Å²) < 4.78 is 5.61. The van der Waals surface area contributed by atoms with Crippen molar-refractivity contribution >= 4 is 0 Å². The van der Waals surface area contributed by atoms with Crippen LogP contribution in [0.15, 0.2) is 54.6 Å². The van der Waals surface area contributed by atoms with E-state index < -0.39 is 6.10 Å². The zero-order chi connectivity index (χ0) is 13.7. The molecule has 2 atom stereocenters. The van der Waals surface area contributed by atoms with E-state index in [2.05, 4.69) is 0 Å². The molecule has 0 heterocycles. The molecule has 0 spiro atoms. The monoisotopic (exact) mass is 257 g/mol. The molecule has 3 heteroatoms. The summed E-state index contributed by atoms with van der Waals surface area (Å²) in [6, 6.07) is 17.1. The summed E-state index contributed by atoms with van der Waals surface area (Å²) >= 11 is 0. The third kappa shape index (κ3) is 3.81. The summed E-state index contributed by atoms with van der Waals surface area (Å²) in [5, 5.41) is 10.0. The Bertz CT molecular complexity index is 511. The van der Waals surface area contributed by atoms with Crippen molar-refractivity contribution in [2.45, 2.75) is 19.1 Å². The Morgan fingerprint density at radius 2 is 1.74 bits per heavy atom. The second kappa shape index (κ2) is 6.36. The smallest absolute Gasteiger partial charge is 0.119 e. The minimum atomic E-state index is -0.625. The zero-order valence-electron chi connectivity index (χ0n) is 11.0. The predicted octanol–water partition coefficient (Wildman–Crippen LogP) is 2.82.